The van der Waals surface area contributed by atoms with E-state index < -0.39 is 0 Å². The predicted molar refractivity (Wildman–Crippen MR) is 87.0 cm³/mol. The van der Waals surface area contributed by atoms with Gasteiger partial charge >= 0.3 is 0 Å². The third-order valence-corrected chi connectivity index (χ3v) is 4.66. The Bertz CT molecular complexity index is 675. The molecule has 0 aromatic carbocycles. The number of nitrogens with zero attached hydrogens (tertiary/aromatic N) is 4. The smallest absolute Gasteiger partial charge is 0.290 e. The van der Waals surface area contributed by atoms with E-state index in [2.05, 4.69) is 35.3 Å². The molecule has 3 heterocycles. The first kappa shape index (κ1) is 15.8. The maximum absolute atomic E-state index is 12.5. The second kappa shape index (κ2) is 6.20. The summed E-state index contributed by atoms with van der Waals surface area (Å²) < 4.78 is 7.49. The second-order valence-electron chi connectivity index (χ2n) is 6.42. The number of carbonyl (C=O) groups excluding carboxylic acids is 1. The molecule has 1 amide bonds. The summed E-state index contributed by atoms with van der Waals surface area (Å²) in [6.45, 7) is 8.69. The summed E-state index contributed by atoms with van der Waals surface area (Å²) in [6.07, 6.45) is 3.47. The van der Waals surface area contributed by atoms with E-state index >= 15 is 0 Å². The van der Waals surface area contributed by atoms with Gasteiger partial charge in [-0.25, -0.2) is 4.98 Å². The van der Waals surface area contributed by atoms with Crippen LogP contribution in [0.5, 0.6) is 0 Å². The van der Waals surface area contributed by atoms with Crippen molar-refractivity contribution in [3.8, 4) is 0 Å². The highest BCUT2D eigenvalue weighted by Gasteiger charge is 2.32. The van der Waals surface area contributed by atoms with Crippen molar-refractivity contribution < 1.29 is 9.21 Å². The topological polar surface area (TPSA) is 54.5 Å². The largest absolute Gasteiger partial charge is 0.459 e. The molecule has 0 saturated heterocycles. The van der Waals surface area contributed by atoms with Crippen LogP contribution >= 0.6 is 0 Å². The highest BCUT2D eigenvalue weighted by molar-refractivity contribution is 5.91. The Morgan fingerprint density at radius 3 is 2.91 bits per heavy atom. The van der Waals surface area contributed by atoms with Gasteiger partial charge in [-0.1, -0.05) is 0 Å². The number of rotatable bonds is 4. The SMILES string of the molecule is CC(C)N(C)Cc1cnc2n1CCN(C(=O)c1ccco1)[C@@H]2C. The molecule has 0 spiro atoms. The highest BCUT2D eigenvalue weighted by Crippen LogP contribution is 2.27. The zero-order chi connectivity index (χ0) is 16.6. The molecule has 124 valence electrons. The first-order chi connectivity index (χ1) is 11.0. The summed E-state index contributed by atoms with van der Waals surface area (Å²) in [7, 11) is 2.11. The molecule has 1 aliphatic heterocycles. The van der Waals surface area contributed by atoms with E-state index in [0.717, 1.165) is 18.9 Å². The first-order valence-electron chi connectivity index (χ1n) is 8.08. The molecular formula is C17H24N4O2. The van der Waals surface area contributed by atoms with Gasteiger partial charge in [0.2, 0.25) is 0 Å². The molecule has 0 unspecified atom stereocenters. The lowest BCUT2D eigenvalue weighted by molar-refractivity contribution is 0.0602. The van der Waals surface area contributed by atoms with Crippen molar-refractivity contribution in [2.45, 2.75) is 45.9 Å². The van der Waals surface area contributed by atoms with Gasteiger partial charge in [0.25, 0.3) is 5.91 Å². The Morgan fingerprint density at radius 2 is 2.26 bits per heavy atom. The van der Waals surface area contributed by atoms with Crippen LogP contribution in [-0.2, 0) is 13.1 Å². The Morgan fingerprint density at radius 1 is 1.48 bits per heavy atom. The van der Waals surface area contributed by atoms with Crippen LogP contribution in [0, 0.1) is 0 Å². The summed E-state index contributed by atoms with van der Waals surface area (Å²) in [5, 5.41) is 0. The fourth-order valence-corrected chi connectivity index (χ4v) is 2.94. The third-order valence-electron chi connectivity index (χ3n) is 4.66. The van der Waals surface area contributed by atoms with Crippen LogP contribution in [0.1, 0.15) is 48.9 Å². The first-order valence-corrected chi connectivity index (χ1v) is 8.08. The van der Waals surface area contributed by atoms with E-state index in [0.29, 0.717) is 18.3 Å². The maximum Gasteiger partial charge on any atom is 0.290 e. The Balaban J connectivity index is 1.80. The second-order valence-corrected chi connectivity index (χ2v) is 6.42. The Labute approximate surface area is 136 Å². The van der Waals surface area contributed by atoms with E-state index in [9.17, 15) is 4.79 Å². The van der Waals surface area contributed by atoms with Gasteiger partial charge in [0.1, 0.15) is 5.82 Å². The van der Waals surface area contributed by atoms with Gasteiger partial charge in [-0.2, -0.15) is 0 Å². The van der Waals surface area contributed by atoms with E-state index in [4.69, 9.17) is 4.42 Å². The molecule has 6 nitrogen and oxygen atoms in total. The summed E-state index contributed by atoms with van der Waals surface area (Å²) in [5.74, 6) is 1.26. The van der Waals surface area contributed by atoms with Gasteiger partial charge in [0, 0.05) is 31.9 Å². The number of hydrogen-bond donors (Lipinski definition) is 0. The minimum atomic E-state index is -0.0717. The summed E-state index contributed by atoms with van der Waals surface area (Å²) >= 11 is 0. The van der Waals surface area contributed by atoms with Gasteiger partial charge in [0.15, 0.2) is 5.76 Å². The monoisotopic (exact) mass is 316 g/mol. The normalized spacial score (nSPS) is 17.8. The van der Waals surface area contributed by atoms with Crippen LogP contribution in [0.25, 0.3) is 0 Å². The number of carbonyl (C=O) groups is 1. The molecule has 0 bridgehead atoms. The minimum Gasteiger partial charge on any atom is -0.459 e. The standard InChI is InChI=1S/C17H24N4O2/c1-12(2)19(4)11-14-10-18-16-13(3)20(7-8-21(14)16)17(22)15-6-5-9-23-15/h5-6,9-10,12-13H,7-8,11H2,1-4H3/t13-/m1/s1. The van der Waals surface area contributed by atoms with Crippen LogP contribution in [0.15, 0.2) is 29.0 Å². The molecule has 0 radical (unpaired) electrons. The van der Waals surface area contributed by atoms with Crippen LogP contribution in [0.4, 0.5) is 0 Å². The Hall–Kier alpha value is -2.08. The van der Waals surface area contributed by atoms with Crippen LogP contribution in [0.2, 0.25) is 0 Å². The van der Waals surface area contributed by atoms with Gasteiger partial charge in [0.05, 0.1) is 18.0 Å². The van der Waals surface area contributed by atoms with Crippen molar-refractivity contribution >= 4 is 5.91 Å². The summed E-state index contributed by atoms with van der Waals surface area (Å²) in [5.41, 5.74) is 1.20. The number of amides is 1. The van der Waals surface area contributed by atoms with Gasteiger partial charge in [-0.05, 0) is 40.0 Å². The van der Waals surface area contributed by atoms with Crippen LogP contribution in [-0.4, -0.2) is 44.9 Å². The number of furan rings is 1. The molecule has 1 aliphatic rings. The molecule has 3 rings (SSSR count). The molecule has 23 heavy (non-hydrogen) atoms. The van der Waals surface area contributed by atoms with Crippen molar-refractivity contribution in [3.63, 3.8) is 0 Å². The molecule has 0 saturated carbocycles. The quantitative estimate of drug-likeness (QED) is 0.870. The molecule has 0 aliphatic carbocycles. The highest BCUT2D eigenvalue weighted by atomic mass is 16.3. The molecular weight excluding hydrogens is 292 g/mol. The van der Waals surface area contributed by atoms with Crippen molar-refractivity contribution in [1.29, 1.82) is 0 Å². The van der Waals surface area contributed by atoms with E-state index in [1.165, 1.54) is 12.0 Å². The zero-order valence-electron chi connectivity index (χ0n) is 14.2. The molecule has 6 heteroatoms. The van der Waals surface area contributed by atoms with Crippen molar-refractivity contribution in [1.82, 2.24) is 19.4 Å². The Kier molecular flexibility index (Phi) is 4.26. The number of imidazole rings is 1. The molecule has 2 aromatic heterocycles. The molecule has 0 fully saturated rings. The fraction of sp³-hybridized carbons (Fsp3) is 0.529. The van der Waals surface area contributed by atoms with Crippen molar-refractivity contribution in [3.05, 3.63) is 41.9 Å². The van der Waals surface area contributed by atoms with Gasteiger partial charge in [-0.15, -0.1) is 0 Å². The van der Waals surface area contributed by atoms with Crippen LogP contribution < -0.4 is 0 Å². The lowest BCUT2D eigenvalue weighted by atomic mass is 10.2. The fourth-order valence-electron chi connectivity index (χ4n) is 2.94. The van der Waals surface area contributed by atoms with Gasteiger partial charge in [-0.3, -0.25) is 9.69 Å². The average Bonchev–Trinajstić information content (AvgIpc) is 3.17. The van der Waals surface area contributed by atoms with E-state index in [1.54, 1.807) is 12.1 Å². The number of hydrogen-bond acceptors (Lipinski definition) is 4. The maximum atomic E-state index is 12.5. The molecule has 0 N–H and O–H groups in total. The van der Waals surface area contributed by atoms with E-state index in [-0.39, 0.29) is 11.9 Å². The average molecular weight is 316 g/mol. The summed E-state index contributed by atoms with van der Waals surface area (Å²) in [6, 6.07) is 3.88. The zero-order valence-corrected chi connectivity index (χ0v) is 14.2. The van der Waals surface area contributed by atoms with Crippen molar-refractivity contribution in [2.75, 3.05) is 13.6 Å². The third kappa shape index (κ3) is 2.91. The van der Waals surface area contributed by atoms with Crippen molar-refractivity contribution in [2.24, 2.45) is 0 Å². The summed E-state index contributed by atoms with van der Waals surface area (Å²) in [4.78, 5) is 21.2. The molecule has 2 aromatic rings. The van der Waals surface area contributed by atoms with E-state index in [1.807, 2.05) is 18.0 Å². The predicted octanol–water partition coefficient (Wildman–Crippen LogP) is 2.53. The molecule has 1 atom stereocenters. The van der Waals surface area contributed by atoms with Crippen LogP contribution in [0.3, 0.4) is 0 Å². The lowest BCUT2D eigenvalue weighted by Crippen LogP contribution is -2.41. The number of aromatic nitrogens is 2. The minimum absolute atomic E-state index is 0.0561. The lowest BCUT2D eigenvalue weighted by Gasteiger charge is -2.34. The number of fused-ring (bicyclic) bond motifs is 1. The van der Waals surface area contributed by atoms with Gasteiger partial charge < -0.3 is 13.9 Å².